The minimum Gasteiger partial charge on any atom is -0.455 e. The second-order valence-electron chi connectivity index (χ2n) is 7.01. The number of nitrogens with zero attached hydrogens (tertiary/aromatic N) is 2. The largest absolute Gasteiger partial charge is 0.455 e. The first-order valence-electron chi connectivity index (χ1n) is 9.51. The van der Waals surface area contributed by atoms with Crippen LogP contribution in [0.5, 0.6) is 0 Å². The molecule has 0 atom stereocenters. The van der Waals surface area contributed by atoms with E-state index in [4.69, 9.17) is 32.4 Å². The summed E-state index contributed by atoms with van der Waals surface area (Å²) in [6.45, 7) is 0.862. The third kappa shape index (κ3) is 4.68. The Morgan fingerprint density at radius 3 is 2.70 bits per heavy atom. The van der Waals surface area contributed by atoms with Crippen LogP contribution in [0.4, 0.5) is 11.7 Å². The van der Waals surface area contributed by atoms with Crippen LogP contribution in [0.3, 0.4) is 0 Å². The van der Waals surface area contributed by atoms with Gasteiger partial charge in [-0.05, 0) is 43.2 Å². The van der Waals surface area contributed by atoms with Gasteiger partial charge >= 0.3 is 5.97 Å². The quantitative estimate of drug-likeness (QED) is 0.578. The normalized spacial score (nSPS) is 14.7. The van der Waals surface area contributed by atoms with Gasteiger partial charge in [0, 0.05) is 18.1 Å². The second-order valence-corrected chi connectivity index (χ2v) is 7.85. The summed E-state index contributed by atoms with van der Waals surface area (Å²) in [6.07, 6.45) is 1.19. The van der Waals surface area contributed by atoms with Gasteiger partial charge in [0.15, 0.2) is 12.2 Å². The Morgan fingerprint density at radius 2 is 1.93 bits per heavy atom. The molecule has 7 nitrogen and oxygen atoms in total. The molecule has 1 N–H and O–H groups in total. The average molecular weight is 448 g/mol. The van der Waals surface area contributed by atoms with Crippen molar-refractivity contribution in [1.29, 1.82) is 0 Å². The summed E-state index contributed by atoms with van der Waals surface area (Å²) < 4.78 is 11.0. The number of amides is 1. The number of nitrogens with one attached hydrogen (secondary N) is 1. The van der Waals surface area contributed by atoms with Crippen molar-refractivity contribution < 1.29 is 18.7 Å². The predicted octanol–water partition coefficient (Wildman–Crippen LogP) is 4.53. The van der Waals surface area contributed by atoms with Gasteiger partial charge in [-0.3, -0.25) is 9.59 Å². The number of benzene rings is 2. The van der Waals surface area contributed by atoms with Crippen molar-refractivity contribution in [3.63, 3.8) is 0 Å². The van der Waals surface area contributed by atoms with Crippen LogP contribution in [0.2, 0.25) is 10.0 Å². The van der Waals surface area contributed by atoms with E-state index in [1.807, 2.05) is 29.2 Å². The zero-order valence-electron chi connectivity index (χ0n) is 15.9. The first-order chi connectivity index (χ1) is 14.5. The Kier molecular flexibility index (Phi) is 6.11. The van der Waals surface area contributed by atoms with Crippen LogP contribution in [0, 0.1) is 5.92 Å². The molecular weight excluding hydrogens is 429 g/mol. The van der Waals surface area contributed by atoms with Crippen molar-refractivity contribution in [2.45, 2.75) is 12.8 Å². The van der Waals surface area contributed by atoms with Gasteiger partial charge in [0.05, 0.1) is 16.6 Å². The van der Waals surface area contributed by atoms with E-state index in [-0.39, 0.29) is 18.5 Å². The maximum Gasteiger partial charge on any atom is 0.309 e. The first kappa shape index (κ1) is 20.5. The maximum absolute atomic E-state index is 12.4. The number of rotatable bonds is 5. The molecule has 0 spiro atoms. The third-order valence-corrected chi connectivity index (χ3v) is 5.49. The van der Waals surface area contributed by atoms with E-state index in [1.54, 1.807) is 12.1 Å². The number of carbonyl (C=O) groups excluding carboxylic acids is 2. The lowest BCUT2D eigenvalue weighted by molar-refractivity contribution is -0.152. The number of esters is 1. The van der Waals surface area contributed by atoms with Crippen molar-refractivity contribution in [2.24, 2.45) is 5.92 Å². The molecule has 2 aromatic carbocycles. The number of halogens is 2. The van der Waals surface area contributed by atoms with Crippen LogP contribution in [-0.4, -0.2) is 36.6 Å². The van der Waals surface area contributed by atoms with Gasteiger partial charge in [-0.1, -0.05) is 35.3 Å². The number of fused-ring (bicyclic) bond motifs is 1. The summed E-state index contributed by atoms with van der Waals surface area (Å²) in [4.78, 5) is 30.9. The molecule has 9 heteroatoms. The fourth-order valence-corrected chi connectivity index (χ4v) is 3.67. The summed E-state index contributed by atoms with van der Waals surface area (Å²) >= 11 is 11.9. The summed E-state index contributed by atoms with van der Waals surface area (Å²) in [5.41, 5.74) is 1.91. The summed E-state index contributed by atoms with van der Waals surface area (Å²) in [7, 11) is 0. The number of hydrogen-bond acceptors (Lipinski definition) is 6. The van der Waals surface area contributed by atoms with Crippen LogP contribution in [0.1, 0.15) is 12.8 Å². The number of carbonyl (C=O) groups is 2. The molecule has 0 radical (unpaired) electrons. The molecule has 30 heavy (non-hydrogen) atoms. The number of aromatic nitrogens is 1. The predicted molar refractivity (Wildman–Crippen MR) is 115 cm³/mol. The highest BCUT2D eigenvalue weighted by Crippen LogP contribution is 2.27. The molecule has 3 aromatic rings. The van der Waals surface area contributed by atoms with Crippen molar-refractivity contribution >= 4 is 57.9 Å². The van der Waals surface area contributed by atoms with Gasteiger partial charge < -0.3 is 19.4 Å². The monoisotopic (exact) mass is 447 g/mol. The molecule has 1 saturated heterocycles. The van der Waals surface area contributed by atoms with E-state index in [9.17, 15) is 9.59 Å². The number of piperidine rings is 1. The maximum atomic E-state index is 12.4. The Bertz CT molecular complexity index is 1040. The van der Waals surface area contributed by atoms with E-state index in [0.717, 1.165) is 11.1 Å². The average Bonchev–Trinajstić information content (AvgIpc) is 3.19. The molecule has 0 aliphatic carbocycles. The van der Waals surface area contributed by atoms with E-state index in [1.165, 1.54) is 6.07 Å². The van der Waals surface area contributed by atoms with E-state index in [2.05, 4.69) is 10.3 Å². The third-order valence-electron chi connectivity index (χ3n) is 4.93. The number of hydrogen-bond donors (Lipinski definition) is 1. The van der Waals surface area contributed by atoms with Crippen molar-refractivity contribution in [3.8, 4) is 0 Å². The molecule has 1 fully saturated rings. The van der Waals surface area contributed by atoms with Crippen LogP contribution in [0.15, 0.2) is 46.9 Å². The van der Waals surface area contributed by atoms with Crippen molar-refractivity contribution in [1.82, 2.24) is 4.98 Å². The highest BCUT2D eigenvalue weighted by molar-refractivity contribution is 6.35. The van der Waals surface area contributed by atoms with Crippen LogP contribution in [0.25, 0.3) is 11.1 Å². The van der Waals surface area contributed by atoms with Gasteiger partial charge in [0.2, 0.25) is 0 Å². The fraction of sp³-hybridized carbons (Fsp3) is 0.286. The highest BCUT2D eigenvalue weighted by Gasteiger charge is 2.28. The smallest absolute Gasteiger partial charge is 0.309 e. The lowest BCUT2D eigenvalue weighted by Gasteiger charge is -2.29. The Balaban J connectivity index is 1.26. The molecule has 1 amide bonds. The Morgan fingerprint density at radius 1 is 1.17 bits per heavy atom. The van der Waals surface area contributed by atoms with E-state index in [0.29, 0.717) is 47.7 Å². The SMILES string of the molecule is O=C(COC(=O)C1CCN(c2nc3ccccc3o2)CC1)Nc1cc(Cl)ccc1Cl. The molecule has 0 unspecified atom stereocenters. The van der Waals surface area contributed by atoms with Gasteiger partial charge in [0.1, 0.15) is 5.52 Å². The summed E-state index contributed by atoms with van der Waals surface area (Å²) in [5.74, 6) is -1.14. The highest BCUT2D eigenvalue weighted by atomic mass is 35.5. The topological polar surface area (TPSA) is 84.7 Å². The molecule has 2 heterocycles. The van der Waals surface area contributed by atoms with Crippen LogP contribution < -0.4 is 10.2 Å². The molecule has 0 bridgehead atoms. The molecule has 1 aromatic heterocycles. The molecule has 0 saturated carbocycles. The van der Waals surface area contributed by atoms with Crippen LogP contribution in [-0.2, 0) is 14.3 Å². The number of anilines is 2. The first-order valence-corrected chi connectivity index (χ1v) is 10.3. The molecule has 1 aliphatic rings. The van der Waals surface area contributed by atoms with E-state index >= 15 is 0 Å². The molecule has 1 aliphatic heterocycles. The van der Waals surface area contributed by atoms with Crippen LogP contribution >= 0.6 is 23.2 Å². The lowest BCUT2D eigenvalue weighted by Crippen LogP contribution is -2.37. The fourth-order valence-electron chi connectivity index (χ4n) is 3.34. The number of para-hydroxylation sites is 2. The van der Waals surface area contributed by atoms with Gasteiger partial charge in [0.25, 0.3) is 11.9 Å². The standard InChI is InChI=1S/C21H19Cl2N3O4/c22-14-5-6-15(23)17(11-14)24-19(27)12-29-20(28)13-7-9-26(10-8-13)21-25-16-3-1-2-4-18(16)30-21/h1-6,11,13H,7-10,12H2,(H,24,27). The van der Waals surface area contributed by atoms with Gasteiger partial charge in [-0.25, -0.2) is 0 Å². The summed E-state index contributed by atoms with van der Waals surface area (Å²) in [5, 5.41) is 3.38. The number of ether oxygens (including phenoxy) is 1. The van der Waals surface area contributed by atoms with Crippen molar-refractivity contribution in [3.05, 3.63) is 52.5 Å². The zero-order valence-corrected chi connectivity index (χ0v) is 17.4. The minimum atomic E-state index is -0.476. The van der Waals surface area contributed by atoms with Gasteiger partial charge in [-0.2, -0.15) is 4.98 Å². The lowest BCUT2D eigenvalue weighted by atomic mass is 9.97. The summed E-state index contributed by atoms with van der Waals surface area (Å²) in [6, 6.07) is 12.9. The molecule has 4 rings (SSSR count). The van der Waals surface area contributed by atoms with Crippen molar-refractivity contribution in [2.75, 3.05) is 29.9 Å². The Hall–Kier alpha value is -2.77. The number of oxazole rings is 1. The van der Waals surface area contributed by atoms with Gasteiger partial charge in [-0.15, -0.1) is 0 Å². The minimum absolute atomic E-state index is 0.270. The zero-order chi connectivity index (χ0) is 21.1. The second kappa shape index (κ2) is 8.93. The van der Waals surface area contributed by atoms with E-state index < -0.39 is 5.91 Å². The Labute approximate surface area is 182 Å². The molecular formula is C21H19Cl2N3O4. The molecule has 156 valence electrons.